The van der Waals surface area contributed by atoms with Crippen LogP contribution in [0.1, 0.15) is 37.8 Å². The van der Waals surface area contributed by atoms with E-state index < -0.39 is 0 Å². The minimum atomic E-state index is -0.254. The van der Waals surface area contributed by atoms with Crippen molar-refractivity contribution in [2.24, 2.45) is 0 Å². The van der Waals surface area contributed by atoms with Gasteiger partial charge in [0.05, 0.1) is 22.3 Å². The number of thiazole rings is 1. The first kappa shape index (κ1) is 21.5. The molecule has 1 N–H and O–H groups in total. The SMILES string of the molecule is C[C@H](Nc1nccc(-c2sc(N3CCCCC3)nc2-c2ccc(F)cc2)n1)c1ccccc1. The number of rotatable bonds is 6. The van der Waals surface area contributed by atoms with E-state index in [4.69, 9.17) is 9.97 Å². The fourth-order valence-electron chi connectivity index (χ4n) is 4.08. The summed E-state index contributed by atoms with van der Waals surface area (Å²) in [6.45, 7) is 4.12. The standard InChI is InChI=1S/C26H26FN5S/c1-18(19-8-4-2-5-9-19)29-25-28-15-14-22(30-25)24-23(20-10-12-21(27)13-11-20)31-26(33-24)32-16-6-3-7-17-32/h2,4-5,8-15,18H,3,6-7,16-17H2,1H3,(H,28,29,30)/t18-/m0/s1. The van der Waals surface area contributed by atoms with Crippen molar-refractivity contribution < 1.29 is 4.39 Å². The summed E-state index contributed by atoms with van der Waals surface area (Å²) in [6, 6.07) is 18.7. The van der Waals surface area contributed by atoms with Gasteiger partial charge < -0.3 is 10.2 Å². The van der Waals surface area contributed by atoms with E-state index in [0.29, 0.717) is 5.95 Å². The van der Waals surface area contributed by atoms with Gasteiger partial charge in [0.25, 0.3) is 0 Å². The second kappa shape index (κ2) is 9.67. The monoisotopic (exact) mass is 459 g/mol. The number of hydrogen-bond acceptors (Lipinski definition) is 6. The molecule has 0 unspecified atom stereocenters. The number of piperidine rings is 1. The highest BCUT2D eigenvalue weighted by atomic mass is 32.1. The van der Waals surface area contributed by atoms with Crippen molar-refractivity contribution in [3.63, 3.8) is 0 Å². The Morgan fingerprint density at radius 2 is 1.70 bits per heavy atom. The van der Waals surface area contributed by atoms with Crippen molar-refractivity contribution in [3.8, 4) is 21.8 Å². The third-order valence-electron chi connectivity index (χ3n) is 5.89. The number of benzene rings is 2. The summed E-state index contributed by atoms with van der Waals surface area (Å²) in [4.78, 5) is 17.6. The zero-order valence-electron chi connectivity index (χ0n) is 18.5. The van der Waals surface area contributed by atoms with Gasteiger partial charge in [0.2, 0.25) is 5.95 Å². The van der Waals surface area contributed by atoms with Crippen molar-refractivity contribution in [1.29, 1.82) is 0 Å². The number of aromatic nitrogens is 3. The summed E-state index contributed by atoms with van der Waals surface area (Å²) < 4.78 is 13.6. The molecular formula is C26H26FN5S. The predicted octanol–water partition coefficient (Wildman–Crippen LogP) is 6.57. The molecule has 2 aromatic heterocycles. The van der Waals surface area contributed by atoms with Gasteiger partial charge in [-0.15, -0.1) is 0 Å². The summed E-state index contributed by atoms with van der Waals surface area (Å²) in [7, 11) is 0. The van der Waals surface area contributed by atoms with Crippen LogP contribution in [-0.4, -0.2) is 28.0 Å². The Morgan fingerprint density at radius 3 is 2.45 bits per heavy atom. The summed E-state index contributed by atoms with van der Waals surface area (Å²) in [5, 5.41) is 4.40. The third kappa shape index (κ3) is 4.88. The number of halogens is 1. The van der Waals surface area contributed by atoms with Crippen LogP contribution in [0.25, 0.3) is 21.8 Å². The highest BCUT2D eigenvalue weighted by Gasteiger charge is 2.21. The Labute approximate surface area is 197 Å². The highest BCUT2D eigenvalue weighted by Crippen LogP contribution is 2.40. The molecule has 7 heteroatoms. The van der Waals surface area contributed by atoms with Gasteiger partial charge in [0.1, 0.15) is 5.82 Å². The molecule has 168 valence electrons. The topological polar surface area (TPSA) is 53.9 Å². The summed E-state index contributed by atoms with van der Waals surface area (Å²) in [5.41, 5.74) is 3.70. The molecule has 0 bridgehead atoms. The molecule has 1 aliphatic heterocycles. The zero-order chi connectivity index (χ0) is 22.6. The van der Waals surface area contributed by atoms with Gasteiger partial charge in [-0.1, -0.05) is 41.7 Å². The van der Waals surface area contributed by atoms with Gasteiger partial charge in [-0.05, 0) is 62.1 Å². The maximum Gasteiger partial charge on any atom is 0.223 e. The van der Waals surface area contributed by atoms with E-state index in [0.717, 1.165) is 40.0 Å². The number of hydrogen-bond donors (Lipinski definition) is 1. The Morgan fingerprint density at radius 1 is 0.939 bits per heavy atom. The summed E-state index contributed by atoms with van der Waals surface area (Å²) >= 11 is 1.65. The molecule has 4 aromatic rings. The van der Waals surface area contributed by atoms with Crippen LogP contribution in [0.4, 0.5) is 15.5 Å². The van der Waals surface area contributed by atoms with Crippen LogP contribution in [-0.2, 0) is 0 Å². The van der Waals surface area contributed by atoms with E-state index >= 15 is 0 Å². The van der Waals surface area contributed by atoms with Crippen LogP contribution in [0.5, 0.6) is 0 Å². The van der Waals surface area contributed by atoms with Crippen LogP contribution in [0.2, 0.25) is 0 Å². The van der Waals surface area contributed by atoms with Gasteiger partial charge in [-0.3, -0.25) is 0 Å². The lowest BCUT2D eigenvalue weighted by Gasteiger charge is -2.25. The molecule has 0 radical (unpaired) electrons. The van der Waals surface area contributed by atoms with Crippen molar-refractivity contribution in [2.45, 2.75) is 32.2 Å². The average Bonchev–Trinajstić information content (AvgIpc) is 3.31. The number of anilines is 2. The summed E-state index contributed by atoms with van der Waals surface area (Å²) in [6.07, 6.45) is 5.40. The molecule has 33 heavy (non-hydrogen) atoms. The molecule has 5 rings (SSSR count). The lowest BCUT2D eigenvalue weighted by atomic mass is 10.1. The lowest BCUT2D eigenvalue weighted by molar-refractivity contribution is 0.577. The molecule has 0 amide bonds. The van der Waals surface area contributed by atoms with E-state index in [-0.39, 0.29) is 11.9 Å². The van der Waals surface area contributed by atoms with Crippen LogP contribution >= 0.6 is 11.3 Å². The second-order valence-electron chi connectivity index (χ2n) is 8.27. The molecule has 3 heterocycles. The fraction of sp³-hybridized carbons (Fsp3) is 0.269. The third-order valence-corrected chi connectivity index (χ3v) is 7.03. The molecule has 1 aliphatic rings. The Bertz CT molecular complexity index is 1200. The summed E-state index contributed by atoms with van der Waals surface area (Å²) in [5.74, 6) is 0.317. The maximum absolute atomic E-state index is 13.6. The number of nitrogens with zero attached hydrogens (tertiary/aromatic N) is 4. The van der Waals surface area contributed by atoms with Gasteiger partial charge >= 0.3 is 0 Å². The highest BCUT2D eigenvalue weighted by molar-refractivity contribution is 7.19. The van der Waals surface area contributed by atoms with Gasteiger partial charge in [-0.2, -0.15) is 0 Å². The van der Waals surface area contributed by atoms with Crippen molar-refractivity contribution in [3.05, 3.63) is 78.2 Å². The molecule has 0 saturated carbocycles. The average molecular weight is 460 g/mol. The molecule has 2 aromatic carbocycles. The van der Waals surface area contributed by atoms with E-state index in [9.17, 15) is 4.39 Å². The molecule has 1 atom stereocenters. The van der Waals surface area contributed by atoms with Crippen LogP contribution in [0.15, 0.2) is 66.9 Å². The Balaban J connectivity index is 1.50. The van der Waals surface area contributed by atoms with Crippen LogP contribution in [0.3, 0.4) is 0 Å². The predicted molar refractivity (Wildman–Crippen MR) is 133 cm³/mol. The zero-order valence-corrected chi connectivity index (χ0v) is 19.4. The molecule has 0 spiro atoms. The first-order chi connectivity index (χ1) is 16.2. The van der Waals surface area contributed by atoms with E-state index in [2.05, 4.69) is 34.3 Å². The first-order valence-electron chi connectivity index (χ1n) is 11.3. The molecule has 1 saturated heterocycles. The van der Waals surface area contributed by atoms with E-state index in [1.165, 1.54) is 37.0 Å². The molecule has 0 aliphatic carbocycles. The Hall–Kier alpha value is -3.32. The first-order valence-corrected chi connectivity index (χ1v) is 12.2. The van der Waals surface area contributed by atoms with Crippen LogP contribution < -0.4 is 10.2 Å². The smallest absolute Gasteiger partial charge is 0.223 e. The minimum Gasteiger partial charge on any atom is -0.348 e. The van der Waals surface area contributed by atoms with Crippen LogP contribution in [0, 0.1) is 5.82 Å². The second-order valence-corrected chi connectivity index (χ2v) is 9.25. The molecule has 5 nitrogen and oxygen atoms in total. The number of nitrogens with one attached hydrogen (secondary N) is 1. The quantitative estimate of drug-likeness (QED) is 0.353. The molecule has 1 fully saturated rings. The van der Waals surface area contributed by atoms with Gasteiger partial charge in [0, 0.05) is 24.8 Å². The fourth-order valence-corrected chi connectivity index (χ4v) is 5.19. The maximum atomic E-state index is 13.6. The largest absolute Gasteiger partial charge is 0.348 e. The van der Waals surface area contributed by atoms with Crippen molar-refractivity contribution in [2.75, 3.05) is 23.3 Å². The van der Waals surface area contributed by atoms with Gasteiger partial charge in [-0.25, -0.2) is 19.3 Å². The van der Waals surface area contributed by atoms with Crippen molar-refractivity contribution >= 4 is 22.4 Å². The lowest BCUT2D eigenvalue weighted by Crippen LogP contribution is -2.29. The normalized spacial score (nSPS) is 14.8. The Kier molecular flexibility index (Phi) is 6.30. The van der Waals surface area contributed by atoms with Gasteiger partial charge in [0.15, 0.2) is 5.13 Å². The minimum absolute atomic E-state index is 0.0726. The van der Waals surface area contributed by atoms with Crippen molar-refractivity contribution in [1.82, 2.24) is 15.0 Å². The van der Waals surface area contributed by atoms with E-state index in [1.807, 2.05) is 24.3 Å². The molecular weight excluding hydrogens is 433 g/mol. The van der Waals surface area contributed by atoms with E-state index in [1.54, 1.807) is 29.7 Å².